The van der Waals surface area contributed by atoms with Gasteiger partial charge in [-0.15, -0.1) is 10.1 Å². The molecule has 0 atom stereocenters. The minimum Gasteiger partial charge on any atom is -0.345 e. The molecule has 1 heterocycles. The van der Waals surface area contributed by atoms with E-state index in [1.807, 2.05) is 43.3 Å². The van der Waals surface area contributed by atoms with Crippen molar-refractivity contribution in [3.8, 4) is 16.9 Å². The van der Waals surface area contributed by atoms with E-state index in [1.165, 1.54) is 11.2 Å². The van der Waals surface area contributed by atoms with E-state index >= 15 is 0 Å². The zero-order chi connectivity index (χ0) is 24.9. The Balaban J connectivity index is 1.88. The Bertz CT molecular complexity index is 1270. The minimum absolute atomic E-state index is 0.0700. The van der Waals surface area contributed by atoms with Gasteiger partial charge in [-0.3, -0.25) is 4.79 Å². The number of benzene rings is 2. The summed E-state index contributed by atoms with van der Waals surface area (Å²) in [6.07, 6.45) is 1.69. The van der Waals surface area contributed by atoms with E-state index in [1.54, 1.807) is 31.3 Å². The van der Waals surface area contributed by atoms with Crippen molar-refractivity contribution in [2.45, 2.75) is 24.7 Å². The molecule has 0 spiro atoms. The number of aromatic nitrogens is 1. The predicted octanol–water partition coefficient (Wildman–Crippen LogP) is 3.46. The summed E-state index contributed by atoms with van der Waals surface area (Å²) in [5.41, 5.74) is 4.78. The first-order valence-electron chi connectivity index (χ1n) is 10.7. The topological polar surface area (TPSA) is 112 Å². The highest BCUT2D eigenvalue weighted by atomic mass is 32.2. The van der Waals surface area contributed by atoms with Crippen molar-refractivity contribution < 1.29 is 23.1 Å². The summed E-state index contributed by atoms with van der Waals surface area (Å²) in [5, 5.41) is 9.35. The average Bonchev–Trinajstić information content (AvgIpc) is 3.13. The molecule has 0 unspecified atom stereocenters. The van der Waals surface area contributed by atoms with Gasteiger partial charge in [-0.05, 0) is 54.8 Å². The fourth-order valence-corrected chi connectivity index (χ4v) is 4.35. The number of para-hydroxylation sites is 1. The highest BCUT2D eigenvalue weighted by Crippen LogP contribution is 2.30. The van der Waals surface area contributed by atoms with Gasteiger partial charge >= 0.3 is 0 Å². The fraction of sp³-hybridized carbons (Fsp3) is 0.292. The molecule has 0 N–H and O–H groups in total. The molecule has 1 amide bonds. The van der Waals surface area contributed by atoms with E-state index in [2.05, 4.69) is 9.40 Å². The molecular weight excluding hydrogens is 458 g/mol. The second-order valence-electron chi connectivity index (χ2n) is 7.98. The molecule has 34 heavy (non-hydrogen) atoms. The van der Waals surface area contributed by atoms with Gasteiger partial charge in [-0.1, -0.05) is 30.3 Å². The van der Waals surface area contributed by atoms with E-state index in [9.17, 15) is 23.3 Å². The van der Waals surface area contributed by atoms with Gasteiger partial charge in [0.25, 0.3) is 5.09 Å². The molecule has 0 aliphatic heterocycles. The normalized spacial score (nSPS) is 11.3. The van der Waals surface area contributed by atoms with Crippen molar-refractivity contribution in [2.75, 3.05) is 26.5 Å². The Morgan fingerprint density at radius 1 is 1.12 bits per heavy atom. The quantitative estimate of drug-likeness (QED) is 0.321. The lowest BCUT2D eigenvalue weighted by atomic mass is 10.1. The van der Waals surface area contributed by atoms with E-state index in [0.717, 1.165) is 28.2 Å². The Kier molecular flexibility index (Phi) is 7.72. The number of nitrogens with zero attached hydrogens (tertiary/aromatic N) is 3. The van der Waals surface area contributed by atoms with Gasteiger partial charge < -0.3 is 14.3 Å². The molecule has 1 aromatic heterocycles. The molecule has 0 bridgehead atoms. The number of rotatable bonds is 10. The maximum atomic E-state index is 12.2. The van der Waals surface area contributed by atoms with Crippen LogP contribution >= 0.6 is 0 Å². The number of carbonyl (C=O) groups excluding carboxylic acids is 1. The van der Waals surface area contributed by atoms with Crippen molar-refractivity contribution in [1.29, 1.82) is 0 Å². The summed E-state index contributed by atoms with van der Waals surface area (Å²) in [7, 11) is -1.64. The summed E-state index contributed by atoms with van der Waals surface area (Å²) < 4.78 is 25.8. The Morgan fingerprint density at radius 2 is 1.76 bits per heavy atom. The van der Waals surface area contributed by atoms with Gasteiger partial charge in [0.1, 0.15) is 6.61 Å². The van der Waals surface area contributed by atoms with Gasteiger partial charge in [0.2, 0.25) is 5.91 Å². The fourth-order valence-electron chi connectivity index (χ4n) is 3.72. The molecule has 0 saturated heterocycles. The van der Waals surface area contributed by atoms with Gasteiger partial charge in [-0.25, -0.2) is 8.42 Å². The highest BCUT2D eigenvalue weighted by molar-refractivity contribution is 7.90. The third-order valence-electron chi connectivity index (χ3n) is 5.60. The van der Waals surface area contributed by atoms with Crippen molar-refractivity contribution in [1.82, 2.24) is 9.47 Å². The van der Waals surface area contributed by atoms with E-state index in [-0.39, 0.29) is 23.8 Å². The molecule has 3 aromatic rings. The van der Waals surface area contributed by atoms with Crippen LogP contribution in [0.5, 0.6) is 0 Å². The maximum Gasteiger partial charge on any atom is 0.294 e. The van der Waals surface area contributed by atoms with Crippen LogP contribution in [-0.2, 0) is 25.9 Å². The average molecular weight is 486 g/mol. The summed E-state index contributed by atoms with van der Waals surface area (Å²) in [4.78, 5) is 28.5. The first-order chi connectivity index (χ1) is 16.1. The molecule has 3 rings (SSSR count). The molecule has 10 heteroatoms. The minimum atomic E-state index is -3.30. The third-order valence-corrected chi connectivity index (χ3v) is 6.73. The molecule has 180 valence electrons. The summed E-state index contributed by atoms with van der Waals surface area (Å²) in [6.45, 7) is 2.17. The second kappa shape index (κ2) is 10.5. The lowest BCUT2D eigenvalue weighted by molar-refractivity contribution is -0.757. The van der Waals surface area contributed by atoms with Crippen LogP contribution in [0.25, 0.3) is 16.9 Å². The number of amides is 1. The largest absolute Gasteiger partial charge is 0.345 e. The number of likely N-dealkylation sites (N-methyl/N-ethyl adjacent to an activating group) is 1. The molecule has 0 radical (unpaired) electrons. The van der Waals surface area contributed by atoms with Crippen LogP contribution in [0.15, 0.2) is 65.6 Å². The lowest BCUT2D eigenvalue weighted by Crippen LogP contribution is -2.29. The first-order valence-corrected chi connectivity index (χ1v) is 12.6. The zero-order valence-electron chi connectivity index (χ0n) is 19.3. The van der Waals surface area contributed by atoms with Crippen LogP contribution < -0.4 is 0 Å². The first kappa shape index (κ1) is 25.0. The van der Waals surface area contributed by atoms with E-state index in [0.29, 0.717) is 13.0 Å². The number of hydrogen-bond donors (Lipinski definition) is 0. The monoisotopic (exact) mass is 485 g/mol. The summed E-state index contributed by atoms with van der Waals surface area (Å²) >= 11 is 0. The van der Waals surface area contributed by atoms with Gasteiger partial charge in [0.15, 0.2) is 9.84 Å². The van der Waals surface area contributed by atoms with Crippen molar-refractivity contribution in [3.63, 3.8) is 0 Å². The van der Waals surface area contributed by atoms with Crippen molar-refractivity contribution in [3.05, 3.63) is 82.0 Å². The van der Waals surface area contributed by atoms with Crippen LogP contribution in [-0.4, -0.2) is 55.3 Å². The van der Waals surface area contributed by atoms with E-state index in [4.69, 9.17) is 0 Å². The van der Waals surface area contributed by atoms with Crippen LogP contribution in [0.4, 0.5) is 0 Å². The smallest absolute Gasteiger partial charge is 0.294 e. The molecule has 2 aromatic carbocycles. The Morgan fingerprint density at radius 3 is 2.35 bits per heavy atom. The van der Waals surface area contributed by atoms with Gasteiger partial charge in [-0.2, -0.15) is 0 Å². The van der Waals surface area contributed by atoms with Crippen LogP contribution in [0.1, 0.15) is 17.7 Å². The molecule has 0 saturated carbocycles. The highest BCUT2D eigenvalue weighted by Gasteiger charge is 2.17. The molecule has 0 fully saturated rings. The van der Waals surface area contributed by atoms with Crippen molar-refractivity contribution in [2.24, 2.45) is 0 Å². The Hall–Kier alpha value is -3.66. The molecular formula is C24H27N3O6S. The summed E-state index contributed by atoms with van der Waals surface area (Å²) in [5.74, 6) is -0.237. The van der Waals surface area contributed by atoms with Gasteiger partial charge in [0, 0.05) is 31.2 Å². The Labute approximate surface area is 198 Å². The molecule has 0 aliphatic rings. The number of sulfone groups is 1. The van der Waals surface area contributed by atoms with Gasteiger partial charge in [0.05, 0.1) is 17.0 Å². The molecule has 9 nitrogen and oxygen atoms in total. The molecule has 0 aliphatic carbocycles. The predicted molar refractivity (Wildman–Crippen MR) is 128 cm³/mol. The summed E-state index contributed by atoms with van der Waals surface area (Å²) in [6, 6.07) is 18.7. The standard InChI is InChI=1S/C24H27N3O6S/c1-18-20(13-15-25(2)24(28)14-16-33-27(29)30)17-23(26(18)21-7-5-4-6-8-21)19-9-11-22(12-10-19)34(3,31)32/h4-12,17H,13-16H2,1-3H3. The second-order valence-corrected chi connectivity index (χ2v) is 10.00. The SMILES string of the molecule is Cc1c(CCN(C)C(=O)CCO[N+](=O)[O-])cc(-c2ccc(S(C)(=O)=O)cc2)n1-c1ccccc1. The van der Waals surface area contributed by atoms with E-state index < -0.39 is 14.9 Å². The van der Waals surface area contributed by atoms with Crippen molar-refractivity contribution >= 4 is 15.7 Å². The lowest BCUT2D eigenvalue weighted by Gasteiger charge is -2.17. The third kappa shape index (κ3) is 6.02. The zero-order valence-corrected chi connectivity index (χ0v) is 20.1. The maximum absolute atomic E-state index is 12.2. The van der Waals surface area contributed by atoms with Crippen LogP contribution in [0, 0.1) is 17.0 Å². The number of carbonyl (C=O) groups is 1. The van der Waals surface area contributed by atoms with Crippen LogP contribution in [0.2, 0.25) is 0 Å². The van der Waals surface area contributed by atoms with Crippen LogP contribution in [0.3, 0.4) is 0 Å². The number of hydrogen-bond acceptors (Lipinski definition) is 6.